The monoisotopic (exact) mass is 348 g/mol. The first kappa shape index (κ1) is 17.7. The number of nitrogens with zero attached hydrogens (tertiary/aromatic N) is 2. The molecule has 5 nitrogen and oxygen atoms in total. The number of piperidine rings is 1. The van der Waals surface area contributed by atoms with Crippen LogP contribution in [0.2, 0.25) is 0 Å². The molecular weight excluding hydrogens is 323 g/mol. The molecule has 2 atom stereocenters. The van der Waals surface area contributed by atoms with Gasteiger partial charge in [-0.3, -0.25) is 9.59 Å². The zero-order chi connectivity index (χ0) is 18.0. The molecular formula is C19H25FN2O3. The average Bonchev–Trinajstić information content (AvgIpc) is 2.82. The minimum Gasteiger partial charge on any atom is -0.494 e. The number of hydrogen-bond acceptors (Lipinski definition) is 3. The van der Waals surface area contributed by atoms with Gasteiger partial charge in [0.05, 0.1) is 7.11 Å². The van der Waals surface area contributed by atoms with Gasteiger partial charge in [0.2, 0.25) is 5.91 Å². The summed E-state index contributed by atoms with van der Waals surface area (Å²) in [6, 6.07) is 4.49. The summed E-state index contributed by atoms with van der Waals surface area (Å²) < 4.78 is 18.9. The van der Waals surface area contributed by atoms with E-state index < -0.39 is 5.82 Å². The summed E-state index contributed by atoms with van der Waals surface area (Å²) in [6.07, 6.45) is 3.80. The zero-order valence-electron chi connectivity index (χ0n) is 14.8. The van der Waals surface area contributed by atoms with Crippen molar-refractivity contribution >= 4 is 11.8 Å². The predicted octanol–water partition coefficient (Wildman–Crippen LogP) is 2.70. The molecule has 0 aliphatic carbocycles. The molecule has 0 bridgehead atoms. The molecule has 0 N–H and O–H groups in total. The number of likely N-dealkylation sites (tertiary alicyclic amines) is 2. The van der Waals surface area contributed by atoms with Crippen LogP contribution in [0.15, 0.2) is 18.2 Å². The molecule has 3 rings (SSSR count). The minimum absolute atomic E-state index is 0.0952. The number of benzene rings is 1. The van der Waals surface area contributed by atoms with Crippen LogP contribution in [-0.4, -0.2) is 54.4 Å². The fourth-order valence-electron chi connectivity index (χ4n) is 4.07. The van der Waals surface area contributed by atoms with Gasteiger partial charge in [-0.25, -0.2) is 4.39 Å². The normalized spacial score (nSPS) is 23.6. The van der Waals surface area contributed by atoms with Gasteiger partial charge < -0.3 is 14.5 Å². The van der Waals surface area contributed by atoms with Crippen molar-refractivity contribution in [1.29, 1.82) is 0 Å². The number of methoxy groups -OCH3 is 1. The third-order valence-corrected chi connectivity index (χ3v) is 5.42. The molecule has 25 heavy (non-hydrogen) atoms. The molecule has 6 heteroatoms. The molecule has 0 unspecified atom stereocenters. The van der Waals surface area contributed by atoms with Crippen molar-refractivity contribution in [3.05, 3.63) is 29.6 Å². The number of carbonyl (C=O) groups is 2. The Hall–Kier alpha value is -2.11. The molecule has 2 aliphatic rings. The molecule has 2 aliphatic heterocycles. The van der Waals surface area contributed by atoms with Crippen molar-refractivity contribution in [2.75, 3.05) is 26.7 Å². The van der Waals surface area contributed by atoms with Crippen LogP contribution in [0.3, 0.4) is 0 Å². The van der Waals surface area contributed by atoms with Gasteiger partial charge in [-0.2, -0.15) is 0 Å². The molecule has 0 spiro atoms. The van der Waals surface area contributed by atoms with Gasteiger partial charge in [0, 0.05) is 38.2 Å². The van der Waals surface area contributed by atoms with Crippen molar-refractivity contribution in [2.24, 2.45) is 5.92 Å². The lowest BCUT2D eigenvalue weighted by Crippen LogP contribution is -2.53. The first-order valence-corrected chi connectivity index (χ1v) is 8.91. The van der Waals surface area contributed by atoms with E-state index in [0.717, 1.165) is 25.7 Å². The fourth-order valence-corrected chi connectivity index (χ4v) is 4.07. The van der Waals surface area contributed by atoms with Gasteiger partial charge in [0.1, 0.15) is 0 Å². The third-order valence-electron chi connectivity index (χ3n) is 5.42. The highest BCUT2D eigenvalue weighted by Gasteiger charge is 2.37. The first-order chi connectivity index (χ1) is 12.0. The van der Waals surface area contributed by atoms with Crippen molar-refractivity contribution in [2.45, 2.75) is 38.6 Å². The van der Waals surface area contributed by atoms with E-state index in [0.29, 0.717) is 31.1 Å². The standard InChI is InChI=1S/C19H25FN2O3/c1-13(23)21-10-8-17-15(12-21)5-3-4-9-22(17)19(24)14-6-7-18(25-2)16(20)11-14/h6-7,11,15,17H,3-5,8-10,12H2,1-2H3/t15-,17-/m1/s1. The molecule has 1 aromatic carbocycles. The van der Waals surface area contributed by atoms with Crippen molar-refractivity contribution in [1.82, 2.24) is 9.80 Å². The molecule has 2 fully saturated rings. The lowest BCUT2D eigenvalue weighted by molar-refractivity contribution is -0.131. The maximum Gasteiger partial charge on any atom is 0.254 e. The van der Waals surface area contributed by atoms with Gasteiger partial charge in [0.15, 0.2) is 11.6 Å². The smallest absolute Gasteiger partial charge is 0.254 e. The number of carbonyl (C=O) groups excluding carboxylic acids is 2. The predicted molar refractivity (Wildman–Crippen MR) is 92.0 cm³/mol. The van der Waals surface area contributed by atoms with Crippen LogP contribution >= 0.6 is 0 Å². The van der Waals surface area contributed by atoms with E-state index in [1.807, 2.05) is 9.80 Å². The lowest BCUT2D eigenvalue weighted by atomic mass is 9.88. The van der Waals surface area contributed by atoms with Crippen molar-refractivity contribution < 1.29 is 18.7 Å². The SMILES string of the molecule is COc1ccc(C(=O)N2CCCC[C@@H]3CN(C(C)=O)CC[C@H]32)cc1F. The third kappa shape index (κ3) is 3.62. The van der Waals surface area contributed by atoms with Crippen LogP contribution in [0.1, 0.15) is 43.0 Å². The highest BCUT2D eigenvalue weighted by atomic mass is 19.1. The number of halogens is 1. The summed E-state index contributed by atoms with van der Waals surface area (Å²) in [5, 5.41) is 0. The van der Waals surface area contributed by atoms with E-state index in [1.165, 1.54) is 19.2 Å². The molecule has 1 aromatic rings. The highest BCUT2D eigenvalue weighted by molar-refractivity contribution is 5.94. The largest absolute Gasteiger partial charge is 0.494 e. The summed E-state index contributed by atoms with van der Waals surface area (Å²) >= 11 is 0. The number of hydrogen-bond donors (Lipinski definition) is 0. The van der Waals surface area contributed by atoms with Crippen LogP contribution in [0.25, 0.3) is 0 Å². The minimum atomic E-state index is -0.522. The lowest BCUT2D eigenvalue weighted by Gasteiger charge is -2.42. The Morgan fingerprint density at radius 2 is 2.00 bits per heavy atom. The van der Waals surface area contributed by atoms with E-state index in [-0.39, 0.29) is 23.6 Å². The van der Waals surface area contributed by atoms with Crippen LogP contribution < -0.4 is 4.74 Å². The summed E-state index contributed by atoms with van der Waals surface area (Å²) in [6.45, 7) is 3.67. The van der Waals surface area contributed by atoms with Gasteiger partial charge in [-0.05, 0) is 43.4 Å². The van der Waals surface area contributed by atoms with E-state index >= 15 is 0 Å². The molecule has 136 valence electrons. The molecule has 0 radical (unpaired) electrons. The Morgan fingerprint density at radius 1 is 1.20 bits per heavy atom. The Bertz CT molecular complexity index is 664. The Labute approximate surface area is 147 Å². The van der Waals surface area contributed by atoms with Crippen LogP contribution in [-0.2, 0) is 4.79 Å². The number of rotatable bonds is 2. The molecule has 0 saturated carbocycles. The van der Waals surface area contributed by atoms with Crippen LogP contribution in [0, 0.1) is 11.7 Å². The van der Waals surface area contributed by atoms with E-state index in [4.69, 9.17) is 4.74 Å². The molecule has 2 saturated heterocycles. The average molecular weight is 348 g/mol. The maximum absolute atomic E-state index is 14.0. The molecule has 0 aromatic heterocycles. The highest BCUT2D eigenvalue weighted by Crippen LogP contribution is 2.31. The van der Waals surface area contributed by atoms with Gasteiger partial charge in [-0.1, -0.05) is 6.42 Å². The van der Waals surface area contributed by atoms with E-state index in [1.54, 1.807) is 13.0 Å². The Kier molecular flexibility index (Phi) is 5.25. The number of fused-ring (bicyclic) bond motifs is 1. The quantitative estimate of drug-likeness (QED) is 0.826. The van der Waals surface area contributed by atoms with Gasteiger partial charge >= 0.3 is 0 Å². The Balaban J connectivity index is 1.81. The topological polar surface area (TPSA) is 49.9 Å². The van der Waals surface area contributed by atoms with E-state index in [2.05, 4.69) is 0 Å². The molecule has 2 heterocycles. The van der Waals surface area contributed by atoms with Gasteiger partial charge in [-0.15, -0.1) is 0 Å². The van der Waals surface area contributed by atoms with Crippen LogP contribution in [0.5, 0.6) is 5.75 Å². The maximum atomic E-state index is 14.0. The summed E-state index contributed by atoms with van der Waals surface area (Å²) in [5.41, 5.74) is 0.355. The van der Waals surface area contributed by atoms with E-state index in [9.17, 15) is 14.0 Å². The first-order valence-electron chi connectivity index (χ1n) is 8.91. The number of amides is 2. The zero-order valence-corrected chi connectivity index (χ0v) is 14.8. The Morgan fingerprint density at radius 3 is 2.68 bits per heavy atom. The van der Waals surface area contributed by atoms with Crippen LogP contribution in [0.4, 0.5) is 4.39 Å². The fraction of sp³-hybridized carbons (Fsp3) is 0.579. The summed E-state index contributed by atoms with van der Waals surface area (Å²) in [7, 11) is 1.40. The van der Waals surface area contributed by atoms with Crippen molar-refractivity contribution in [3.8, 4) is 5.75 Å². The summed E-state index contributed by atoms with van der Waals surface area (Å²) in [4.78, 5) is 28.5. The molecule has 2 amide bonds. The second-order valence-corrected chi connectivity index (χ2v) is 6.92. The summed E-state index contributed by atoms with van der Waals surface area (Å²) in [5.74, 6) is -0.120. The second-order valence-electron chi connectivity index (χ2n) is 6.92. The number of ether oxygens (including phenoxy) is 1. The second kappa shape index (κ2) is 7.42. The van der Waals surface area contributed by atoms with Crippen molar-refractivity contribution in [3.63, 3.8) is 0 Å². The van der Waals surface area contributed by atoms with Gasteiger partial charge in [0.25, 0.3) is 5.91 Å².